The number of hydrogen-bond acceptors (Lipinski definition) is 0. The highest BCUT2D eigenvalue weighted by atomic mass is 14.5. The van der Waals surface area contributed by atoms with Gasteiger partial charge < -0.3 is 0 Å². The molecule has 2 aliphatic rings. The predicted molar refractivity (Wildman–Crippen MR) is 319 cm³/mol. The van der Waals surface area contributed by atoms with Crippen LogP contribution in [0.1, 0.15) is 44.5 Å². The van der Waals surface area contributed by atoms with Crippen LogP contribution < -0.4 is 0 Å². The maximum absolute atomic E-state index is 2.50. The molecule has 16 rings (SSSR count). The zero-order chi connectivity index (χ0) is 50.0. The van der Waals surface area contributed by atoms with Crippen LogP contribution in [-0.2, 0) is 10.8 Å². The lowest BCUT2D eigenvalue weighted by Crippen LogP contribution is -2.33. The quantitative estimate of drug-likeness (QED) is 0.115. The first-order valence-electron chi connectivity index (χ1n) is 26.7. The number of fused-ring (bicyclic) bond motifs is 10. The molecule has 0 N–H and O–H groups in total. The first kappa shape index (κ1) is 42.8. The second kappa shape index (κ2) is 16.4. The summed E-state index contributed by atoms with van der Waals surface area (Å²) < 4.78 is 0. The van der Waals surface area contributed by atoms with Crippen LogP contribution in [0.2, 0.25) is 0 Å². The summed E-state index contributed by atoms with van der Waals surface area (Å²) >= 11 is 0. The molecular weight excluding hydrogens is 913 g/mol. The smallest absolute Gasteiger partial charge is 0.0622 e. The summed E-state index contributed by atoms with van der Waals surface area (Å²) in [5.41, 5.74) is 19.3. The Bertz CT molecular complexity index is 4570. The molecule has 0 unspecified atom stereocenters. The topological polar surface area (TPSA) is 0 Å². The molecule has 2 aliphatic carbocycles. The molecule has 352 valence electrons. The lowest BCUT2D eigenvalue weighted by Gasteiger charge is -2.42. The van der Waals surface area contributed by atoms with Crippen molar-refractivity contribution in [3.05, 3.63) is 336 Å². The average molecular weight is 961 g/mol. The Labute approximate surface area is 442 Å². The molecule has 14 aromatic carbocycles. The molecule has 0 heteroatoms. The Kier molecular flexibility index (Phi) is 9.27. The van der Waals surface area contributed by atoms with E-state index >= 15 is 0 Å². The molecule has 76 heavy (non-hydrogen) atoms. The van der Waals surface area contributed by atoms with Gasteiger partial charge in [-0.1, -0.05) is 279 Å². The normalized spacial score (nSPS) is 13.7. The van der Waals surface area contributed by atoms with Gasteiger partial charge in [0.25, 0.3) is 0 Å². The van der Waals surface area contributed by atoms with Gasteiger partial charge in [0.2, 0.25) is 0 Å². The predicted octanol–water partition coefficient (Wildman–Crippen LogP) is 19.5. The number of hydrogen-bond donors (Lipinski definition) is 0. The van der Waals surface area contributed by atoms with E-state index in [2.05, 4.69) is 291 Å². The Morgan fingerprint density at radius 3 is 1.14 bits per heavy atom. The SMILES string of the molecule is c1ccc(C2(c3ccccc3)c3ccccc3-c3c4ccccc4c(-c4ccc(-c5cc6c7cccc8c7c(cc6c6ccccc56)-c5ccccc5C8(c5ccccc5)c5ccccc5)cc4)c4cccc2c34)cc1. The van der Waals surface area contributed by atoms with Gasteiger partial charge >= 0.3 is 0 Å². The highest BCUT2D eigenvalue weighted by molar-refractivity contribution is 6.26. The van der Waals surface area contributed by atoms with Crippen molar-refractivity contribution < 1.29 is 0 Å². The van der Waals surface area contributed by atoms with E-state index in [1.165, 1.54) is 143 Å². The van der Waals surface area contributed by atoms with Gasteiger partial charge in [-0.25, -0.2) is 0 Å². The van der Waals surface area contributed by atoms with Crippen LogP contribution in [0.25, 0.3) is 98.4 Å². The minimum atomic E-state index is -0.537. The fourth-order valence-corrected chi connectivity index (χ4v) is 14.5. The average Bonchev–Trinajstić information content (AvgIpc) is 3.51. The van der Waals surface area contributed by atoms with E-state index in [1.54, 1.807) is 0 Å². The van der Waals surface area contributed by atoms with Gasteiger partial charge in [-0.15, -0.1) is 0 Å². The van der Waals surface area contributed by atoms with Crippen molar-refractivity contribution in [3.63, 3.8) is 0 Å². The molecule has 0 fully saturated rings. The summed E-state index contributed by atoms with van der Waals surface area (Å²) in [7, 11) is 0. The molecule has 0 heterocycles. The van der Waals surface area contributed by atoms with Gasteiger partial charge in [0.1, 0.15) is 0 Å². The maximum atomic E-state index is 2.50. The van der Waals surface area contributed by atoms with Crippen molar-refractivity contribution in [2.45, 2.75) is 10.8 Å². The van der Waals surface area contributed by atoms with Crippen LogP contribution in [0.15, 0.2) is 291 Å². The minimum Gasteiger partial charge on any atom is -0.0622 e. The summed E-state index contributed by atoms with van der Waals surface area (Å²) in [5, 5.41) is 12.8. The Balaban J connectivity index is 0.935. The zero-order valence-electron chi connectivity index (χ0n) is 41.7. The molecule has 0 saturated carbocycles. The first-order chi connectivity index (χ1) is 37.7. The van der Waals surface area contributed by atoms with Crippen LogP contribution in [0.3, 0.4) is 0 Å². The van der Waals surface area contributed by atoms with Crippen molar-refractivity contribution in [2.24, 2.45) is 0 Å². The second-order valence-corrected chi connectivity index (χ2v) is 20.9. The van der Waals surface area contributed by atoms with Crippen molar-refractivity contribution in [3.8, 4) is 44.5 Å². The lowest BCUT2D eigenvalue weighted by atomic mass is 9.59. The Morgan fingerprint density at radius 1 is 0.184 bits per heavy atom. The number of benzene rings is 14. The summed E-state index contributed by atoms with van der Waals surface area (Å²) in [6.45, 7) is 0. The summed E-state index contributed by atoms with van der Waals surface area (Å²) in [5.74, 6) is 0. The fraction of sp³-hybridized carbons (Fsp3) is 0.0263. The molecule has 0 radical (unpaired) electrons. The van der Waals surface area contributed by atoms with Gasteiger partial charge in [0, 0.05) is 0 Å². The van der Waals surface area contributed by atoms with Crippen LogP contribution >= 0.6 is 0 Å². The summed E-state index contributed by atoms with van der Waals surface area (Å²) in [6, 6.07) is 110. The van der Waals surface area contributed by atoms with Gasteiger partial charge in [-0.3, -0.25) is 0 Å². The minimum absolute atomic E-state index is 0.519. The lowest BCUT2D eigenvalue weighted by molar-refractivity contribution is 0.750. The molecule has 0 nitrogen and oxygen atoms in total. The van der Waals surface area contributed by atoms with Crippen molar-refractivity contribution >= 4 is 53.9 Å². The van der Waals surface area contributed by atoms with Gasteiger partial charge in [-0.05, 0) is 155 Å². The van der Waals surface area contributed by atoms with E-state index in [4.69, 9.17) is 0 Å². The van der Waals surface area contributed by atoms with Crippen LogP contribution in [-0.4, -0.2) is 0 Å². The summed E-state index contributed by atoms with van der Waals surface area (Å²) in [6.07, 6.45) is 0. The molecule has 0 bridgehead atoms. The fourth-order valence-electron chi connectivity index (χ4n) is 14.5. The standard InChI is InChI=1S/C76H48/c1-5-23-51(24-6-1)75(52-25-7-2-8-26-52)67-39-19-17-33-57(67)66-48-64-56-32-14-13-31-55(56)63(47-65(64)60-37-21-41-69(75)72(60)66)49-43-45-50(46-44-49)71-58-34-15-16-35-59(58)73-61-36-18-20-40-68(61)76(53-27-9-3-10-28-53,54-29-11-4-12-30-54)70-42-22-38-62(71)74(70)73/h1-48H. The van der Waals surface area contributed by atoms with Gasteiger partial charge in [0.15, 0.2) is 0 Å². The third-order valence-corrected chi connectivity index (χ3v) is 17.4. The highest BCUT2D eigenvalue weighted by Crippen LogP contribution is 2.60. The molecule has 14 aromatic rings. The first-order valence-corrected chi connectivity index (χ1v) is 26.7. The molecule has 0 aliphatic heterocycles. The van der Waals surface area contributed by atoms with Crippen LogP contribution in [0.5, 0.6) is 0 Å². The molecule has 0 saturated heterocycles. The highest BCUT2D eigenvalue weighted by Gasteiger charge is 2.46. The van der Waals surface area contributed by atoms with E-state index in [0.717, 1.165) is 0 Å². The zero-order valence-corrected chi connectivity index (χ0v) is 41.7. The molecular formula is C76H48. The maximum Gasteiger partial charge on any atom is 0.0713 e. The van der Waals surface area contributed by atoms with E-state index in [9.17, 15) is 0 Å². The van der Waals surface area contributed by atoms with Crippen molar-refractivity contribution in [1.82, 2.24) is 0 Å². The third-order valence-electron chi connectivity index (χ3n) is 17.4. The molecule has 0 spiro atoms. The summed E-state index contributed by atoms with van der Waals surface area (Å²) in [4.78, 5) is 0. The van der Waals surface area contributed by atoms with E-state index in [1.807, 2.05) is 0 Å². The molecule has 0 atom stereocenters. The molecule has 0 amide bonds. The van der Waals surface area contributed by atoms with Crippen LogP contribution in [0.4, 0.5) is 0 Å². The van der Waals surface area contributed by atoms with Crippen molar-refractivity contribution in [1.29, 1.82) is 0 Å². The van der Waals surface area contributed by atoms with Gasteiger partial charge in [-0.2, -0.15) is 0 Å². The van der Waals surface area contributed by atoms with E-state index in [0.29, 0.717) is 0 Å². The van der Waals surface area contributed by atoms with E-state index < -0.39 is 10.8 Å². The van der Waals surface area contributed by atoms with E-state index in [-0.39, 0.29) is 0 Å². The Hall–Kier alpha value is -9.62. The number of rotatable bonds is 6. The third kappa shape index (κ3) is 5.73. The second-order valence-electron chi connectivity index (χ2n) is 20.9. The van der Waals surface area contributed by atoms with Crippen molar-refractivity contribution in [2.75, 3.05) is 0 Å². The molecule has 0 aromatic heterocycles. The van der Waals surface area contributed by atoms with Gasteiger partial charge in [0.05, 0.1) is 10.8 Å². The van der Waals surface area contributed by atoms with Crippen LogP contribution in [0, 0.1) is 0 Å². The Morgan fingerprint density at radius 2 is 0.566 bits per heavy atom. The largest absolute Gasteiger partial charge is 0.0713 e. The monoisotopic (exact) mass is 960 g/mol.